The molecule has 1 atom stereocenters. The van der Waals surface area contributed by atoms with Crippen LogP contribution in [0.3, 0.4) is 0 Å². The minimum absolute atomic E-state index is 0.0139. The van der Waals surface area contributed by atoms with Crippen LogP contribution >= 0.6 is 11.6 Å². The van der Waals surface area contributed by atoms with Gasteiger partial charge in [-0.05, 0) is 48.5 Å². The molecule has 0 spiro atoms. The quantitative estimate of drug-likeness (QED) is 0.808. The summed E-state index contributed by atoms with van der Waals surface area (Å²) in [6, 6.07) is 11.7. The highest BCUT2D eigenvalue weighted by Gasteiger charge is 2.35. The first-order valence-electron chi connectivity index (χ1n) is 7.86. The van der Waals surface area contributed by atoms with Crippen molar-refractivity contribution < 1.29 is 18.8 Å². The summed E-state index contributed by atoms with van der Waals surface area (Å²) in [6.45, 7) is 0.160. The average molecular weight is 376 g/mol. The largest absolute Gasteiger partial charge is 0.312 e. The summed E-state index contributed by atoms with van der Waals surface area (Å²) in [5, 5.41) is 0.496. The topological polar surface area (TPSA) is 78.5 Å². The number of hydrogen-bond donors (Lipinski definition) is 2. The molecular formula is C18H15ClFN3O3. The van der Waals surface area contributed by atoms with Gasteiger partial charge in [-0.15, -0.1) is 0 Å². The second kappa shape index (κ2) is 7.53. The second-order valence-corrected chi connectivity index (χ2v) is 6.27. The Labute approximate surface area is 153 Å². The Morgan fingerprint density at radius 1 is 1.04 bits per heavy atom. The monoisotopic (exact) mass is 375 g/mol. The third-order valence-electron chi connectivity index (χ3n) is 4.04. The van der Waals surface area contributed by atoms with E-state index in [1.54, 1.807) is 12.1 Å². The van der Waals surface area contributed by atoms with Crippen LogP contribution in [0.2, 0.25) is 5.02 Å². The molecule has 0 aliphatic carbocycles. The van der Waals surface area contributed by atoms with E-state index in [-0.39, 0.29) is 18.9 Å². The molecule has 1 aliphatic heterocycles. The van der Waals surface area contributed by atoms with Crippen LogP contribution in [0, 0.1) is 11.7 Å². The molecule has 8 heteroatoms. The number of halogens is 2. The first kappa shape index (κ1) is 17.9. The summed E-state index contributed by atoms with van der Waals surface area (Å²) in [4.78, 5) is 37.7. The molecule has 1 heterocycles. The van der Waals surface area contributed by atoms with Gasteiger partial charge in [-0.2, -0.15) is 0 Å². The van der Waals surface area contributed by atoms with Crippen molar-refractivity contribution in [3.05, 3.63) is 64.9 Å². The van der Waals surface area contributed by atoms with Crippen LogP contribution in [0.5, 0.6) is 0 Å². The number of amides is 3. The van der Waals surface area contributed by atoms with Gasteiger partial charge in [0.2, 0.25) is 11.8 Å². The zero-order chi connectivity index (χ0) is 18.7. The fourth-order valence-corrected chi connectivity index (χ4v) is 2.77. The third kappa shape index (κ3) is 4.00. The van der Waals surface area contributed by atoms with Crippen molar-refractivity contribution in [3.63, 3.8) is 0 Å². The van der Waals surface area contributed by atoms with Gasteiger partial charge in [0.25, 0.3) is 5.91 Å². The number of hydrogen-bond acceptors (Lipinski definition) is 3. The Kier molecular flexibility index (Phi) is 5.18. The Balaban J connectivity index is 1.57. The van der Waals surface area contributed by atoms with E-state index in [9.17, 15) is 18.8 Å². The van der Waals surface area contributed by atoms with Crippen LogP contribution in [0.15, 0.2) is 48.5 Å². The lowest BCUT2D eigenvalue weighted by atomic mass is 10.1. The Hall–Kier alpha value is -2.93. The summed E-state index contributed by atoms with van der Waals surface area (Å²) in [6.07, 6.45) is 0.0139. The van der Waals surface area contributed by atoms with Gasteiger partial charge < -0.3 is 4.90 Å². The number of anilines is 1. The van der Waals surface area contributed by atoms with E-state index in [1.807, 2.05) is 0 Å². The molecule has 0 bridgehead atoms. The summed E-state index contributed by atoms with van der Waals surface area (Å²) in [5.41, 5.74) is 5.50. The fourth-order valence-electron chi connectivity index (χ4n) is 2.65. The predicted octanol–water partition coefficient (Wildman–Crippen LogP) is 2.29. The molecule has 2 aromatic rings. The number of rotatable bonds is 3. The van der Waals surface area contributed by atoms with Crippen molar-refractivity contribution in [3.8, 4) is 0 Å². The van der Waals surface area contributed by atoms with E-state index in [2.05, 4.69) is 10.9 Å². The van der Waals surface area contributed by atoms with Crippen LogP contribution in [-0.4, -0.2) is 24.3 Å². The van der Waals surface area contributed by atoms with Gasteiger partial charge in [0.05, 0.1) is 5.92 Å². The van der Waals surface area contributed by atoms with Crippen LogP contribution in [0.1, 0.15) is 16.8 Å². The molecule has 0 radical (unpaired) electrons. The van der Waals surface area contributed by atoms with Crippen LogP contribution in [0.4, 0.5) is 10.1 Å². The normalized spacial score (nSPS) is 16.5. The van der Waals surface area contributed by atoms with E-state index >= 15 is 0 Å². The molecule has 1 aliphatic rings. The Morgan fingerprint density at radius 2 is 1.69 bits per heavy atom. The lowest BCUT2D eigenvalue weighted by Crippen LogP contribution is -2.45. The van der Waals surface area contributed by atoms with Gasteiger partial charge in [-0.3, -0.25) is 25.2 Å². The van der Waals surface area contributed by atoms with Crippen molar-refractivity contribution in [1.29, 1.82) is 0 Å². The van der Waals surface area contributed by atoms with Crippen LogP contribution in [-0.2, 0) is 9.59 Å². The van der Waals surface area contributed by atoms with Crippen molar-refractivity contribution >= 4 is 35.0 Å². The third-order valence-corrected chi connectivity index (χ3v) is 4.29. The number of hydrazine groups is 1. The molecule has 0 unspecified atom stereocenters. The number of carbonyl (C=O) groups is 3. The predicted molar refractivity (Wildman–Crippen MR) is 93.9 cm³/mol. The first-order chi connectivity index (χ1) is 12.4. The van der Waals surface area contributed by atoms with Crippen LogP contribution in [0.25, 0.3) is 0 Å². The van der Waals surface area contributed by atoms with E-state index in [1.165, 1.54) is 41.3 Å². The van der Waals surface area contributed by atoms with Gasteiger partial charge in [-0.25, -0.2) is 4.39 Å². The van der Waals surface area contributed by atoms with Gasteiger partial charge in [-0.1, -0.05) is 11.6 Å². The molecule has 6 nitrogen and oxygen atoms in total. The SMILES string of the molecule is O=C(NNC(=O)[C@H]1CC(=O)N(c2ccc(F)cc2)C1)c1ccc(Cl)cc1. The van der Waals surface area contributed by atoms with E-state index in [0.29, 0.717) is 16.3 Å². The lowest BCUT2D eigenvalue weighted by molar-refractivity contribution is -0.126. The van der Waals surface area contributed by atoms with Gasteiger partial charge in [0, 0.05) is 29.2 Å². The van der Waals surface area contributed by atoms with Gasteiger partial charge >= 0.3 is 0 Å². The molecule has 2 N–H and O–H groups in total. The van der Waals surface area contributed by atoms with Crippen molar-refractivity contribution in [2.24, 2.45) is 5.92 Å². The van der Waals surface area contributed by atoms with Gasteiger partial charge in [0.1, 0.15) is 5.82 Å². The molecular weight excluding hydrogens is 361 g/mol. The molecule has 26 heavy (non-hydrogen) atoms. The lowest BCUT2D eigenvalue weighted by Gasteiger charge is -2.16. The van der Waals surface area contributed by atoms with Gasteiger partial charge in [0.15, 0.2) is 0 Å². The van der Waals surface area contributed by atoms with E-state index in [4.69, 9.17) is 11.6 Å². The molecule has 2 aromatic carbocycles. The minimum atomic E-state index is -0.613. The average Bonchev–Trinajstić information content (AvgIpc) is 3.02. The summed E-state index contributed by atoms with van der Waals surface area (Å²) < 4.78 is 13.0. The Morgan fingerprint density at radius 3 is 2.35 bits per heavy atom. The summed E-state index contributed by atoms with van der Waals surface area (Å²) >= 11 is 5.76. The zero-order valence-electron chi connectivity index (χ0n) is 13.5. The maximum atomic E-state index is 13.0. The zero-order valence-corrected chi connectivity index (χ0v) is 14.3. The molecule has 3 amide bonds. The molecule has 134 valence electrons. The standard InChI is InChI=1S/C18H15ClFN3O3/c19-13-3-1-11(2-4-13)17(25)21-22-18(26)12-9-16(24)23(10-12)15-7-5-14(20)6-8-15/h1-8,12H,9-10H2,(H,21,25)(H,22,26)/t12-/m0/s1. The van der Waals surface area contributed by atoms with Crippen molar-refractivity contribution in [2.75, 3.05) is 11.4 Å². The Bertz CT molecular complexity index is 840. The van der Waals surface area contributed by atoms with Crippen molar-refractivity contribution in [1.82, 2.24) is 10.9 Å². The van der Waals surface area contributed by atoms with E-state index in [0.717, 1.165) is 0 Å². The number of carbonyl (C=O) groups excluding carboxylic acids is 3. The number of nitrogens with zero attached hydrogens (tertiary/aromatic N) is 1. The van der Waals surface area contributed by atoms with Crippen molar-refractivity contribution in [2.45, 2.75) is 6.42 Å². The maximum Gasteiger partial charge on any atom is 0.269 e. The fraction of sp³-hybridized carbons (Fsp3) is 0.167. The highest BCUT2D eigenvalue weighted by atomic mass is 35.5. The summed E-state index contributed by atoms with van der Waals surface area (Å²) in [5.74, 6) is -2.21. The first-order valence-corrected chi connectivity index (χ1v) is 8.23. The molecule has 1 saturated heterocycles. The highest BCUT2D eigenvalue weighted by Crippen LogP contribution is 2.25. The molecule has 0 aromatic heterocycles. The van der Waals surface area contributed by atoms with E-state index < -0.39 is 23.5 Å². The number of benzene rings is 2. The highest BCUT2D eigenvalue weighted by molar-refractivity contribution is 6.30. The smallest absolute Gasteiger partial charge is 0.269 e. The summed E-state index contributed by atoms with van der Waals surface area (Å²) in [7, 11) is 0. The minimum Gasteiger partial charge on any atom is -0.312 e. The maximum absolute atomic E-state index is 13.0. The molecule has 0 saturated carbocycles. The number of nitrogens with one attached hydrogen (secondary N) is 2. The second-order valence-electron chi connectivity index (χ2n) is 5.83. The molecule has 3 rings (SSSR count). The molecule has 1 fully saturated rings. The van der Waals surface area contributed by atoms with Crippen LogP contribution < -0.4 is 15.8 Å².